The number of benzene rings is 2. The minimum Gasteiger partial charge on any atom is -0.497 e. The Morgan fingerprint density at radius 1 is 1.13 bits per heavy atom. The van der Waals surface area contributed by atoms with Crippen molar-refractivity contribution >= 4 is 21.6 Å². The standard InChI is InChI=1S/C21H26N2O6S/c1-4-18(15-6-9-17(27-3)10-7-15)22-21(24)13-23(30(25,26)5-2)16-8-11-19-20(12-16)29-14-28-19/h6-12,18H,4-5,13-14H2,1-3H3,(H,22,24)/t18-/m1/s1. The van der Waals surface area contributed by atoms with Gasteiger partial charge in [-0.2, -0.15) is 0 Å². The Labute approximate surface area is 176 Å². The van der Waals surface area contributed by atoms with E-state index < -0.39 is 15.9 Å². The lowest BCUT2D eigenvalue weighted by Crippen LogP contribution is -2.42. The summed E-state index contributed by atoms with van der Waals surface area (Å²) >= 11 is 0. The van der Waals surface area contributed by atoms with E-state index in [1.165, 1.54) is 0 Å². The molecule has 8 nitrogen and oxygen atoms in total. The van der Waals surface area contributed by atoms with E-state index in [0.717, 1.165) is 15.6 Å². The summed E-state index contributed by atoms with van der Waals surface area (Å²) < 4.78 is 42.3. The maximum atomic E-state index is 12.8. The van der Waals surface area contributed by atoms with Gasteiger partial charge in [-0.1, -0.05) is 19.1 Å². The molecular weight excluding hydrogens is 408 g/mol. The topological polar surface area (TPSA) is 94.2 Å². The van der Waals surface area contributed by atoms with Gasteiger partial charge in [0, 0.05) is 6.07 Å². The van der Waals surface area contributed by atoms with E-state index in [0.29, 0.717) is 23.6 Å². The predicted molar refractivity (Wildman–Crippen MR) is 114 cm³/mol. The van der Waals surface area contributed by atoms with Crippen molar-refractivity contribution in [3.8, 4) is 17.2 Å². The average molecular weight is 435 g/mol. The van der Waals surface area contributed by atoms with Gasteiger partial charge >= 0.3 is 0 Å². The van der Waals surface area contributed by atoms with Crippen molar-refractivity contribution < 1.29 is 27.4 Å². The van der Waals surface area contributed by atoms with Gasteiger partial charge in [0.1, 0.15) is 12.3 Å². The van der Waals surface area contributed by atoms with Crippen molar-refractivity contribution in [3.05, 3.63) is 48.0 Å². The van der Waals surface area contributed by atoms with E-state index >= 15 is 0 Å². The Bertz CT molecular complexity index is 991. The highest BCUT2D eigenvalue weighted by molar-refractivity contribution is 7.92. The number of carbonyl (C=O) groups excluding carboxylic acids is 1. The molecule has 1 heterocycles. The summed E-state index contributed by atoms with van der Waals surface area (Å²) in [6.07, 6.45) is 0.655. The minimum atomic E-state index is -3.68. The Hall–Kier alpha value is -2.94. The zero-order valence-electron chi connectivity index (χ0n) is 17.3. The van der Waals surface area contributed by atoms with Crippen LogP contribution in [0, 0.1) is 0 Å². The summed E-state index contributed by atoms with van der Waals surface area (Å²) in [7, 11) is -2.09. The van der Waals surface area contributed by atoms with Crippen molar-refractivity contribution in [2.24, 2.45) is 0 Å². The van der Waals surface area contributed by atoms with Gasteiger partial charge < -0.3 is 19.5 Å². The number of amides is 1. The Balaban J connectivity index is 1.79. The summed E-state index contributed by atoms with van der Waals surface area (Å²) in [5.74, 6) is 1.19. The third kappa shape index (κ3) is 4.79. The van der Waals surface area contributed by atoms with Gasteiger partial charge in [-0.3, -0.25) is 9.10 Å². The molecular formula is C21H26N2O6S. The van der Waals surface area contributed by atoms with Gasteiger partial charge in [0.25, 0.3) is 0 Å². The average Bonchev–Trinajstić information content (AvgIpc) is 3.23. The summed E-state index contributed by atoms with van der Waals surface area (Å²) in [6, 6.07) is 12.0. The van der Waals surface area contributed by atoms with Crippen LogP contribution in [0.3, 0.4) is 0 Å². The minimum absolute atomic E-state index is 0.0832. The molecule has 3 rings (SSSR count). The van der Waals surface area contributed by atoms with Crippen LogP contribution in [0.1, 0.15) is 31.9 Å². The van der Waals surface area contributed by atoms with Crippen LogP contribution < -0.4 is 23.8 Å². The number of fused-ring (bicyclic) bond motifs is 1. The Morgan fingerprint density at radius 3 is 2.47 bits per heavy atom. The molecule has 0 bridgehead atoms. The first-order valence-corrected chi connectivity index (χ1v) is 11.3. The van der Waals surface area contributed by atoms with Crippen molar-refractivity contribution in [3.63, 3.8) is 0 Å². The SMILES string of the molecule is CC[C@@H](NC(=O)CN(c1ccc2c(c1)OCO2)S(=O)(=O)CC)c1ccc(OC)cc1. The number of methoxy groups -OCH3 is 1. The predicted octanol–water partition coefficient (Wildman–Crippen LogP) is 2.85. The van der Waals surface area contributed by atoms with Crippen molar-refractivity contribution in [2.75, 3.05) is 30.5 Å². The summed E-state index contributed by atoms with van der Waals surface area (Å²) in [5.41, 5.74) is 1.27. The summed E-state index contributed by atoms with van der Waals surface area (Å²) in [5, 5.41) is 2.93. The van der Waals surface area contributed by atoms with Crippen LogP contribution in [0.15, 0.2) is 42.5 Å². The monoisotopic (exact) mass is 434 g/mol. The Kier molecular flexibility index (Phi) is 6.71. The zero-order valence-corrected chi connectivity index (χ0v) is 18.1. The summed E-state index contributed by atoms with van der Waals surface area (Å²) in [6.45, 7) is 3.25. The van der Waals surface area contributed by atoms with E-state index in [1.54, 1.807) is 32.2 Å². The molecule has 1 aliphatic heterocycles. The molecule has 2 aromatic rings. The number of sulfonamides is 1. The number of nitrogens with one attached hydrogen (secondary N) is 1. The van der Waals surface area contributed by atoms with Gasteiger partial charge in [0.05, 0.1) is 24.6 Å². The van der Waals surface area contributed by atoms with E-state index in [1.807, 2.05) is 31.2 Å². The molecule has 1 N–H and O–H groups in total. The van der Waals surface area contributed by atoms with E-state index in [2.05, 4.69) is 5.32 Å². The second kappa shape index (κ2) is 9.25. The molecule has 0 unspecified atom stereocenters. The number of nitrogens with zero attached hydrogens (tertiary/aromatic N) is 1. The number of rotatable bonds is 9. The van der Waals surface area contributed by atoms with Crippen molar-refractivity contribution in [1.82, 2.24) is 5.32 Å². The highest BCUT2D eigenvalue weighted by atomic mass is 32.2. The molecule has 162 valence electrons. The number of carbonyl (C=O) groups is 1. The second-order valence-electron chi connectivity index (χ2n) is 6.75. The maximum Gasteiger partial charge on any atom is 0.241 e. The molecule has 0 fully saturated rings. The normalized spacial score (nSPS) is 13.6. The van der Waals surface area contributed by atoms with Gasteiger partial charge in [0.2, 0.25) is 22.7 Å². The fourth-order valence-corrected chi connectivity index (χ4v) is 4.23. The number of hydrogen-bond acceptors (Lipinski definition) is 6. The van der Waals surface area contributed by atoms with E-state index in [-0.39, 0.29) is 25.1 Å². The lowest BCUT2D eigenvalue weighted by molar-refractivity contribution is -0.120. The van der Waals surface area contributed by atoms with Crippen LogP contribution in [0.2, 0.25) is 0 Å². The smallest absolute Gasteiger partial charge is 0.241 e. The number of hydrogen-bond donors (Lipinski definition) is 1. The molecule has 0 radical (unpaired) electrons. The molecule has 1 amide bonds. The first-order valence-electron chi connectivity index (χ1n) is 9.71. The molecule has 0 aromatic heterocycles. The molecule has 1 aliphatic rings. The fraction of sp³-hybridized carbons (Fsp3) is 0.381. The van der Waals surface area contributed by atoms with E-state index in [9.17, 15) is 13.2 Å². The van der Waals surface area contributed by atoms with Crippen molar-refractivity contribution in [1.29, 1.82) is 0 Å². The van der Waals surface area contributed by atoms with Crippen LogP contribution in [-0.4, -0.2) is 40.5 Å². The summed E-state index contributed by atoms with van der Waals surface area (Å²) in [4.78, 5) is 12.8. The lowest BCUT2D eigenvalue weighted by Gasteiger charge is -2.25. The molecule has 9 heteroatoms. The van der Waals surface area contributed by atoms with Crippen LogP contribution >= 0.6 is 0 Å². The number of anilines is 1. The van der Waals surface area contributed by atoms with E-state index in [4.69, 9.17) is 14.2 Å². The second-order valence-corrected chi connectivity index (χ2v) is 8.93. The molecule has 30 heavy (non-hydrogen) atoms. The molecule has 0 spiro atoms. The van der Waals surface area contributed by atoms with Gasteiger partial charge in [-0.25, -0.2) is 8.42 Å². The van der Waals surface area contributed by atoms with Crippen LogP contribution in [-0.2, 0) is 14.8 Å². The zero-order chi connectivity index (χ0) is 21.7. The third-order valence-electron chi connectivity index (χ3n) is 4.89. The lowest BCUT2D eigenvalue weighted by atomic mass is 10.0. The van der Waals surface area contributed by atoms with Gasteiger partial charge in [-0.05, 0) is 43.2 Å². The molecule has 0 saturated carbocycles. The highest BCUT2D eigenvalue weighted by Crippen LogP contribution is 2.36. The van der Waals surface area contributed by atoms with Crippen molar-refractivity contribution in [2.45, 2.75) is 26.3 Å². The third-order valence-corrected chi connectivity index (χ3v) is 6.63. The van der Waals surface area contributed by atoms with Crippen LogP contribution in [0.5, 0.6) is 17.2 Å². The largest absolute Gasteiger partial charge is 0.497 e. The molecule has 0 aliphatic carbocycles. The molecule has 2 aromatic carbocycles. The Morgan fingerprint density at radius 2 is 1.83 bits per heavy atom. The van der Waals surface area contributed by atoms with Crippen LogP contribution in [0.25, 0.3) is 0 Å². The molecule has 1 atom stereocenters. The first kappa shape index (κ1) is 21.8. The molecule has 0 saturated heterocycles. The van der Waals surface area contributed by atoms with Gasteiger partial charge in [0.15, 0.2) is 11.5 Å². The quantitative estimate of drug-likeness (QED) is 0.652. The first-order chi connectivity index (χ1) is 14.4. The fourth-order valence-electron chi connectivity index (χ4n) is 3.17. The maximum absolute atomic E-state index is 12.8. The van der Waals surface area contributed by atoms with Crippen LogP contribution in [0.4, 0.5) is 5.69 Å². The highest BCUT2D eigenvalue weighted by Gasteiger charge is 2.26. The van der Waals surface area contributed by atoms with Gasteiger partial charge in [-0.15, -0.1) is 0 Å². The number of ether oxygens (including phenoxy) is 3.